The maximum absolute atomic E-state index is 15.0. The molecule has 4 aromatic rings. The number of benzene rings is 1. The van der Waals surface area contributed by atoms with Crippen LogP contribution in [0.15, 0.2) is 50.7 Å². The molecule has 10 heteroatoms. The average Bonchev–Trinajstić information content (AvgIpc) is 3.35. The van der Waals surface area contributed by atoms with Crippen LogP contribution in [0.5, 0.6) is 0 Å². The minimum Gasteiger partial charge on any atom is -0.428 e. The zero-order valence-electron chi connectivity index (χ0n) is 15.7. The summed E-state index contributed by atoms with van der Waals surface area (Å²) in [4.78, 5) is 32.3. The van der Waals surface area contributed by atoms with E-state index in [1.165, 1.54) is 11.0 Å². The van der Waals surface area contributed by atoms with Gasteiger partial charge in [0.2, 0.25) is 12.3 Å². The molecule has 4 rings (SSSR count). The summed E-state index contributed by atoms with van der Waals surface area (Å²) < 4.78 is 22.8. The number of H-pyrrole nitrogens is 1. The zero-order chi connectivity index (χ0) is 20.4. The molecule has 3 heterocycles. The van der Waals surface area contributed by atoms with Crippen LogP contribution in [-0.4, -0.2) is 29.3 Å². The predicted octanol–water partition coefficient (Wildman–Crippen LogP) is 1.98. The number of aromatic amines is 1. The molecule has 0 spiro atoms. The van der Waals surface area contributed by atoms with Gasteiger partial charge in [-0.05, 0) is 12.0 Å². The summed E-state index contributed by atoms with van der Waals surface area (Å²) in [7, 11) is 0. The Labute approximate surface area is 163 Å². The summed E-state index contributed by atoms with van der Waals surface area (Å²) in [6, 6.07) is 8.66. The molecule has 0 amide bonds. The van der Waals surface area contributed by atoms with Crippen LogP contribution < -0.4 is 11.2 Å². The van der Waals surface area contributed by atoms with Gasteiger partial charge in [-0.2, -0.15) is 0 Å². The second-order valence-corrected chi connectivity index (χ2v) is 6.61. The van der Waals surface area contributed by atoms with E-state index in [1.54, 1.807) is 30.3 Å². The van der Waals surface area contributed by atoms with E-state index in [0.717, 1.165) is 4.57 Å². The van der Waals surface area contributed by atoms with E-state index in [1.807, 2.05) is 6.92 Å². The van der Waals surface area contributed by atoms with Gasteiger partial charge in [0.15, 0.2) is 5.52 Å². The first-order valence-corrected chi connectivity index (χ1v) is 9.24. The van der Waals surface area contributed by atoms with Gasteiger partial charge in [-0.25, -0.2) is 14.2 Å². The second kappa shape index (κ2) is 7.82. The van der Waals surface area contributed by atoms with Crippen LogP contribution in [0.3, 0.4) is 0 Å². The van der Waals surface area contributed by atoms with Gasteiger partial charge < -0.3 is 8.98 Å². The van der Waals surface area contributed by atoms with E-state index >= 15 is 4.39 Å². The molecule has 9 nitrogen and oxygen atoms in total. The van der Waals surface area contributed by atoms with E-state index in [2.05, 4.69) is 20.2 Å². The van der Waals surface area contributed by atoms with Crippen molar-refractivity contribution < 1.29 is 8.81 Å². The second-order valence-electron chi connectivity index (χ2n) is 6.61. The Morgan fingerprint density at radius 3 is 2.69 bits per heavy atom. The quantitative estimate of drug-likeness (QED) is 0.510. The van der Waals surface area contributed by atoms with Crippen LogP contribution in [0.4, 0.5) is 4.39 Å². The Morgan fingerprint density at radius 2 is 2.00 bits per heavy atom. The summed E-state index contributed by atoms with van der Waals surface area (Å²) in [5.41, 5.74) is -0.316. The molecule has 1 atom stereocenters. The summed E-state index contributed by atoms with van der Waals surface area (Å²) in [6.07, 6.45) is 0.535. The van der Waals surface area contributed by atoms with Gasteiger partial charge in [-0.1, -0.05) is 37.3 Å². The van der Waals surface area contributed by atoms with Gasteiger partial charge in [-0.3, -0.25) is 14.3 Å². The van der Waals surface area contributed by atoms with Crippen molar-refractivity contribution in [2.75, 3.05) is 0 Å². The lowest BCUT2D eigenvalue weighted by atomic mass is 10.1. The van der Waals surface area contributed by atoms with Crippen molar-refractivity contribution >= 4 is 11.2 Å². The van der Waals surface area contributed by atoms with E-state index in [4.69, 9.17) is 4.42 Å². The highest BCUT2D eigenvalue weighted by Gasteiger charge is 2.22. The minimum absolute atomic E-state index is 0.0767. The number of nitrogens with zero attached hydrogens (tertiary/aromatic N) is 5. The van der Waals surface area contributed by atoms with Crippen LogP contribution in [-0.2, 0) is 19.5 Å². The van der Waals surface area contributed by atoms with Crippen LogP contribution in [0, 0.1) is 0 Å². The maximum Gasteiger partial charge on any atom is 0.330 e. The van der Waals surface area contributed by atoms with Crippen molar-refractivity contribution in [3.8, 4) is 0 Å². The molecule has 0 saturated carbocycles. The van der Waals surface area contributed by atoms with E-state index < -0.39 is 17.4 Å². The third-order valence-corrected chi connectivity index (χ3v) is 4.63. The first-order chi connectivity index (χ1) is 14.1. The van der Waals surface area contributed by atoms with Crippen LogP contribution >= 0.6 is 0 Å². The predicted molar refractivity (Wildman–Crippen MR) is 102 cm³/mol. The molecular formula is C19H19FN6O3. The SMILES string of the molecule is CCCn1c(=O)[nH]c2c(nc(Cc3nnco3)n2CC(F)c2ccccc2)c1=O. The lowest BCUT2D eigenvalue weighted by molar-refractivity contribution is 0.302. The lowest BCUT2D eigenvalue weighted by Gasteiger charge is -2.13. The third-order valence-electron chi connectivity index (χ3n) is 4.63. The van der Waals surface area contributed by atoms with E-state index in [0.29, 0.717) is 17.8 Å². The monoisotopic (exact) mass is 398 g/mol. The Kier molecular flexibility index (Phi) is 5.07. The van der Waals surface area contributed by atoms with Crippen molar-refractivity contribution in [1.82, 2.24) is 29.3 Å². The first kappa shape index (κ1) is 18.8. The molecule has 150 valence electrons. The van der Waals surface area contributed by atoms with Crippen molar-refractivity contribution in [3.05, 3.63) is 74.8 Å². The fraction of sp³-hybridized carbons (Fsp3) is 0.316. The van der Waals surface area contributed by atoms with Crippen molar-refractivity contribution in [1.29, 1.82) is 0 Å². The molecule has 3 aromatic heterocycles. The standard InChI is InChI=1S/C19H19FN6O3/c1-2-8-25-18(27)16-17(23-19(25)28)26(10-13(20)12-6-4-3-5-7-12)14(22-16)9-15-24-21-11-29-15/h3-7,11,13H,2,8-10H2,1H3,(H,23,28). The van der Waals surface area contributed by atoms with Crippen molar-refractivity contribution in [2.24, 2.45) is 0 Å². The number of aromatic nitrogens is 6. The van der Waals surface area contributed by atoms with E-state index in [-0.39, 0.29) is 36.6 Å². The molecular weight excluding hydrogens is 379 g/mol. The lowest BCUT2D eigenvalue weighted by Crippen LogP contribution is -2.35. The number of fused-ring (bicyclic) bond motifs is 1. The fourth-order valence-corrected chi connectivity index (χ4v) is 3.26. The molecule has 0 saturated heterocycles. The fourth-order valence-electron chi connectivity index (χ4n) is 3.26. The average molecular weight is 398 g/mol. The highest BCUT2D eigenvalue weighted by atomic mass is 19.1. The summed E-state index contributed by atoms with van der Waals surface area (Å²) >= 11 is 0. The topological polar surface area (TPSA) is 112 Å². The highest BCUT2D eigenvalue weighted by molar-refractivity contribution is 5.70. The summed E-state index contributed by atoms with van der Waals surface area (Å²) in [6.45, 7) is 2.01. The van der Waals surface area contributed by atoms with Gasteiger partial charge in [0.05, 0.1) is 13.0 Å². The summed E-state index contributed by atoms with van der Waals surface area (Å²) in [5.74, 6) is 0.623. The Hall–Kier alpha value is -3.56. The van der Waals surface area contributed by atoms with Gasteiger partial charge in [0.1, 0.15) is 17.6 Å². The molecule has 0 aliphatic carbocycles. The molecule has 1 aromatic carbocycles. The van der Waals surface area contributed by atoms with Crippen LogP contribution in [0.1, 0.15) is 36.8 Å². The maximum atomic E-state index is 15.0. The number of rotatable bonds is 7. The summed E-state index contributed by atoms with van der Waals surface area (Å²) in [5, 5.41) is 7.46. The number of halogens is 1. The van der Waals surface area contributed by atoms with Crippen molar-refractivity contribution in [3.63, 3.8) is 0 Å². The molecule has 0 radical (unpaired) electrons. The Bertz CT molecular complexity index is 1230. The number of alkyl halides is 1. The normalized spacial score (nSPS) is 12.5. The molecule has 1 unspecified atom stereocenters. The molecule has 1 N–H and O–H groups in total. The molecule has 29 heavy (non-hydrogen) atoms. The van der Waals surface area contributed by atoms with Crippen molar-refractivity contribution in [2.45, 2.75) is 39.0 Å². The van der Waals surface area contributed by atoms with Crippen LogP contribution in [0.25, 0.3) is 11.2 Å². The zero-order valence-corrected chi connectivity index (χ0v) is 15.7. The number of imidazole rings is 1. The van der Waals surface area contributed by atoms with Gasteiger partial charge in [0.25, 0.3) is 5.56 Å². The van der Waals surface area contributed by atoms with Gasteiger partial charge >= 0.3 is 5.69 Å². The van der Waals surface area contributed by atoms with Gasteiger partial charge in [0, 0.05) is 6.54 Å². The Balaban J connectivity index is 1.85. The Morgan fingerprint density at radius 1 is 1.21 bits per heavy atom. The number of hydrogen-bond acceptors (Lipinski definition) is 6. The third kappa shape index (κ3) is 3.60. The van der Waals surface area contributed by atoms with E-state index in [9.17, 15) is 9.59 Å². The highest BCUT2D eigenvalue weighted by Crippen LogP contribution is 2.23. The number of nitrogens with one attached hydrogen (secondary N) is 1. The first-order valence-electron chi connectivity index (χ1n) is 9.24. The minimum atomic E-state index is -1.36. The number of hydrogen-bond donors (Lipinski definition) is 1. The molecule has 0 fully saturated rings. The molecule has 0 bridgehead atoms. The smallest absolute Gasteiger partial charge is 0.330 e. The van der Waals surface area contributed by atoms with Crippen LogP contribution in [0.2, 0.25) is 0 Å². The van der Waals surface area contributed by atoms with Gasteiger partial charge in [-0.15, -0.1) is 10.2 Å². The molecule has 0 aliphatic heterocycles. The largest absolute Gasteiger partial charge is 0.428 e. The molecule has 0 aliphatic rings.